The summed E-state index contributed by atoms with van der Waals surface area (Å²) < 4.78 is 0.913. The van der Waals surface area contributed by atoms with Crippen LogP contribution in [0.5, 0.6) is 0 Å². The number of aryl methyl sites for hydroxylation is 2. The summed E-state index contributed by atoms with van der Waals surface area (Å²) in [4.78, 5) is 4.78. The second kappa shape index (κ2) is 6.08. The maximum absolute atomic E-state index is 6.21. The normalized spacial score (nSPS) is 10.4. The molecule has 0 aliphatic carbocycles. The van der Waals surface area contributed by atoms with Crippen molar-refractivity contribution < 1.29 is 0 Å². The molecule has 2 aromatic rings. The van der Waals surface area contributed by atoms with E-state index in [2.05, 4.69) is 26.2 Å². The third kappa shape index (κ3) is 3.29. The van der Waals surface area contributed by atoms with E-state index in [-0.39, 0.29) is 0 Å². The Morgan fingerprint density at radius 1 is 1.35 bits per heavy atom. The summed E-state index contributed by atoms with van der Waals surface area (Å²) in [6.45, 7) is 3.88. The van der Waals surface area contributed by atoms with Crippen molar-refractivity contribution in [1.29, 1.82) is 0 Å². The molecule has 6 heteroatoms. The number of halogens is 2. The van der Waals surface area contributed by atoms with Crippen molar-refractivity contribution in [2.75, 3.05) is 5.32 Å². The first-order chi connectivity index (χ1) is 9.38. The standard InChI is InChI=1S/C14H13BrClN3S/c1-7-5-8(2)18-14(12(7)13(17)20)19-11-4-3-9(15)6-10(11)16/h3-6H,1-2H3,(H2,17,20)(H,18,19). The first kappa shape index (κ1) is 15.2. The van der Waals surface area contributed by atoms with E-state index in [9.17, 15) is 0 Å². The van der Waals surface area contributed by atoms with E-state index >= 15 is 0 Å². The first-order valence-electron chi connectivity index (χ1n) is 5.88. The minimum Gasteiger partial charge on any atom is -0.389 e. The molecule has 1 aromatic heterocycles. The predicted molar refractivity (Wildman–Crippen MR) is 92.0 cm³/mol. The molecule has 0 saturated heterocycles. The highest BCUT2D eigenvalue weighted by Crippen LogP contribution is 2.30. The summed E-state index contributed by atoms with van der Waals surface area (Å²) in [6, 6.07) is 7.53. The van der Waals surface area contributed by atoms with Gasteiger partial charge in [0.25, 0.3) is 0 Å². The third-order valence-corrected chi connectivity index (χ3v) is 3.79. The van der Waals surface area contributed by atoms with Gasteiger partial charge >= 0.3 is 0 Å². The number of anilines is 2. The Balaban J connectivity index is 2.50. The van der Waals surface area contributed by atoms with Gasteiger partial charge in [0.05, 0.1) is 16.3 Å². The Labute approximate surface area is 136 Å². The Kier molecular flexibility index (Phi) is 4.62. The number of hydrogen-bond acceptors (Lipinski definition) is 3. The molecular formula is C14H13BrClN3S. The van der Waals surface area contributed by atoms with Crippen LogP contribution in [-0.2, 0) is 0 Å². The molecule has 104 valence electrons. The maximum atomic E-state index is 6.21. The second-order valence-electron chi connectivity index (χ2n) is 4.42. The molecule has 20 heavy (non-hydrogen) atoms. The number of rotatable bonds is 3. The van der Waals surface area contributed by atoms with Crippen molar-refractivity contribution in [2.24, 2.45) is 5.73 Å². The van der Waals surface area contributed by atoms with E-state index < -0.39 is 0 Å². The Bertz CT molecular complexity index is 688. The zero-order chi connectivity index (χ0) is 14.9. The van der Waals surface area contributed by atoms with Crippen LogP contribution in [0.25, 0.3) is 0 Å². The van der Waals surface area contributed by atoms with E-state index in [1.165, 1.54) is 0 Å². The van der Waals surface area contributed by atoms with Crippen LogP contribution in [0.2, 0.25) is 5.02 Å². The molecule has 3 nitrogen and oxygen atoms in total. The van der Waals surface area contributed by atoms with Crippen LogP contribution in [0.1, 0.15) is 16.8 Å². The van der Waals surface area contributed by atoms with Gasteiger partial charge < -0.3 is 11.1 Å². The molecule has 0 unspecified atom stereocenters. The quantitative estimate of drug-likeness (QED) is 0.781. The fourth-order valence-corrected chi connectivity index (χ4v) is 2.94. The monoisotopic (exact) mass is 369 g/mol. The van der Waals surface area contributed by atoms with E-state index in [1.807, 2.05) is 38.1 Å². The highest BCUT2D eigenvalue weighted by molar-refractivity contribution is 9.10. The number of nitrogens with two attached hydrogens (primary N) is 1. The second-order valence-corrected chi connectivity index (χ2v) is 6.18. The fraction of sp³-hybridized carbons (Fsp3) is 0.143. The van der Waals surface area contributed by atoms with Crippen LogP contribution < -0.4 is 11.1 Å². The molecule has 0 aliphatic heterocycles. The topological polar surface area (TPSA) is 50.9 Å². The van der Waals surface area contributed by atoms with Gasteiger partial charge in [-0.1, -0.05) is 39.7 Å². The van der Waals surface area contributed by atoms with E-state index in [0.29, 0.717) is 15.8 Å². The molecule has 0 fully saturated rings. The smallest absolute Gasteiger partial charge is 0.141 e. The molecule has 0 atom stereocenters. The van der Waals surface area contributed by atoms with E-state index in [1.54, 1.807) is 0 Å². The van der Waals surface area contributed by atoms with Crippen LogP contribution in [0.15, 0.2) is 28.7 Å². The van der Waals surface area contributed by atoms with Gasteiger partial charge in [-0.25, -0.2) is 4.98 Å². The number of nitrogens with one attached hydrogen (secondary N) is 1. The first-order valence-corrected chi connectivity index (χ1v) is 7.46. The van der Waals surface area contributed by atoms with Gasteiger partial charge in [-0.3, -0.25) is 0 Å². The summed E-state index contributed by atoms with van der Waals surface area (Å²) in [7, 11) is 0. The highest BCUT2D eigenvalue weighted by atomic mass is 79.9. The molecule has 0 bridgehead atoms. The lowest BCUT2D eigenvalue weighted by molar-refractivity contribution is 1.17. The molecule has 0 spiro atoms. The van der Waals surface area contributed by atoms with Gasteiger partial charge in [0.15, 0.2) is 0 Å². The fourth-order valence-electron chi connectivity index (χ4n) is 1.96. The van der Waals surface area contributed by atoms with Crippen LogP contribution in [0.4, 0.5) is 11.5 Å². The lowest BCUT2D eigenvalue weighted by Crippen LogP contribution is -2.15. The van der Waals surface area contributed by atoms with Crippen molar-refractivity contribution in [1.82, 2.24) is 4.98 Å². The van der Waals surface area contributed by atoms with Crippen molar-refractivity contribution in [2.45, 2.75) is 13.8 Å². The van der Waals surface area contributed by atoms with Crippen LogP contribution in [-0.4, -0.2) is 9.97 Å². The summed E-state index contributed by atoms with van der Waals surface area (Å²) in [5.74, 6) is 0.624. The van der Waals surface area contributed by atoms with Crippen molar-refractivity contribution >= 4 is 56.2 Å². The number of pyridine rings is 1. The number of aromatic nitrogens is 1. The molecule has 0 radical (unpaired) electrons. The summed E-state index contributed by atoms with van der Waals surface area (Å²) in [5.41, 5.74) is 9.16. The lowest BCUT2D eigenvalue weighted by Gasteiger charge is -2.14. The SMILES string of the molecule is Cc1cc(C)c(C(N)=S)c(Nc2ccc(Br)cc2Cl)n1. The summed E-state index contributed by atoms with van der Waals surface area (Å²) in [6.07, 6.45) is 0. The Morgan fingerprint density at radius 3 is 2.65 bits per heavy atom. The van der Waals surface area contributed by atoms with Gasteiger partial charge in [0.1, 0.15) is 10.8 Å². The maximum Gasteiger partial charge on any atom is 0.141 e. The molecule has 1 aromatic carbocycles. The molecular weight excluding hydrogens is 358 g/mol. The number of nitrogens with zero attached hydrogens (tertiary/aromatic N) is 1. The van der Waals surface area contributed by atoms with Crippen LogP contribution >= 0.6 is 39.7 Å². The minimum absolute atomic E-state index is 0.311. The molecule has 3 N–H and O–H groups in total. The summed E-state index contributed by atoms with van der Waals surface area (Å²) in [5, 5.41) is 3.79. The third-order valence-electron chi connectivity index (χ3n) is 2.78. The van der Waals surface area contributed by atoms with Crippen LogP contribution in [0.3, 0.4) is 0 Å². The highest BCUT2D eigenvalue weighted by Gasteiger charge is 2.13. The number of hydrogen-bond donors (Lipinski definition) is 2. The van der Waals surface area contributed by atoms with Crippen molar-refractivity contribution in [3.8, 4) is 0 Å². The van der Waals surface area contributed by atoms with Gasteiger partial charge in [-0.05, 0) is 43.7 Å². The Morgan fingerprint density at radius 2 is 2.05 bits per heavy atom. The molecule has 0 saturated carbocycles. The van der Waals surface area contributed by atoms with Crippen LogP contribution in [0, 0.1) is 13.8 Å². The number of thiocarbonyl (C=S) groups is 1. The molecule has 0 amide bonds. The molecule has 0 aliphatic rings. The average molecular weight is 371 g/mol. The number of benzene rings is 1. The zero-order valence-corrected chi connectivity index (χ0v) is 14.2. The largest absolute Gasteiger partial charge is 0.389 e. The van der Waals surface area contributed by atoms with Gasteiger partial charge in [-0.15, -0.1) is 0 Å². The van der Waals surface area contributed by atoms with Gasteiger partial charge in [-0.2, -0.15) is 0 Å². The summed E-state index contributed by atoms with van der Waals surface area (Å²) >= 11 is 14.7. The zero-order valence-electron chi connectivity index (χ0n) is 11.0. The van der Waals surface area contributed by atoms with E-state index in [0.717, 1.165) is 27.0 Å². The van der Waals surface area contributed by atoms with Gasteiger partial charge in [0, 0.05) is 10.2 Å². The predicted octanol–water partition coefficient (Wildman–Crippen LogP) is 4.49. The minimum atomic E-state index is 0.311. The van der Waals surface area contributed by atoms with Gasteiger partial charge in [0.2, 0.25) is 0 Å². The van der Waals surface area contributed by atoms with E-state index in [4.69, 9.17) is 29.6 Å². The Hall–Kier alpha value is -1.17. The van der Waals surface area contributed by atoms with Crippen molar-refractivity contribution in [3.63, 3.8) is 0 Å². The molecule has 2 rings (SSSR count). The van der Waals surface area contributed by atoms with Crippen molar-refractivity contribution in [3.05, 3.63) is 50.6 Å². The lowest BCUT2D eigenvalue weighted by atomic mass is 10.1. The molecule has 1 heterocycles. The average Bonchev–Trinajstić information content (AvgIpc) is 2.31.